The summed E-state index contributed by atoms with van der Waals surface area (Å²) in [5.74, 6) is -0.617. The van der Waals surface area contributed by atoms with Crippen molar-refractivity contribution in [1.29, 1.82) is 0 Å². The van der Waals surface area contributed by atoms with Crippen LogP contribution in [0.2, 0.25) is 5.02 Å². The summed E-state index contributed by atoms with van der Waals surface area (Å²) in [5, 5.41) is 9.77. The standard InChI is InChI=1S/C24H26ClN3O3/c1-16-3-5-18(6-4-16)21-22(27-11-9-26(10-12-27)13-14-29)24(31)28(23(21)30)20-8-7-19(25)15-17(20)2/h3-8,15,29H,9-14H2,1-2H3. The van der Waals surface area contributed by atoms with E-state index in [1.807, 2.05) is 43.0 Å². The van der Waals surface area contributed by atoms with Gasteiger partial charge in [-0.3, -0.25) is 14.5 Å². The van der Waals surface area contributed by atoms with Crippen molar-refractivity contribution in [2.24, 2.45) is 0 Å². The molecule has 0 radical (unpaired) electrons. The Hall–Kier alpha value is -2.67. The van der Waals surface area contributed by atoms with Crippen LogP contribution in [0.4, 0.5) is 5.69 Å². The third kappa shape index (κ3) is 4.11. The minimum atomic E-state index is -0.313. The van der Waals surface area contributed by atoms with Crippen molar-refractivity contribution in [3.63, 3.8) is 0 Å². The van der Waals surface area contributed by atoms with E-state index in [1.165, 1.54) is 4.90 Å². The molecule has 0 atom stereocenters. The van der Waals surface area contributed by atoms with Gasteiger partial charge in [0.05, 0.1) is 17.9 Å². The van der Waals surface area contributed by atoms with Crippen LogP contribution >= 0.6 is 11.6 Å². The van der Waals surface area contributed by atoms with Crippen LogP contribution in [0.1, 0.15) is 16.7 Å². The van der Waals surface area contributed by atoms with Crippen molar-refractivity contribution in [3.8, 4) is 0 Å². The largest absolute Gasteiger partial charge is 0.395 e. The first kappa shape index (κ1) is 21.6. The van der Waals surface area contributed by atoms with Gasteiger partial charge in [-0.2, -0.15) is 0 Å². The number of nitrogens with zero attached hydrogens (tertiary/aromatic N) is 3. The zero-order valence-electron chi connectivity index (χ0n) is 17.8. The third-order valence-corrected chi connectivity index (χ3v) is 6.14. The molecule has 2 aromatic rings. The van der Waals surface area contributed by atoms with Gasteiger partial charge < -0.3 is 10.0 Å². The van der Waals surface area contributed by atoms with Crippen molar-refractivity contribution in [2.45, 2.75) is 13.8 Å². The number of imide groups is 1. The van der Waals surface area contributed by atoms with Crippen LogP contribution in [-0.4, -0.2) is 66.1 Å². The van der Waals surface area contributed by atoms with Crippen LogP contribution in [0.15, 0.2) is 48.2 Å². The molecule has 2 aromatic carbocycles. The SMILES string of the molecule is Cc1ccc(C2=C(N3CCN(CCO)CC3)C(=O)N(c3ccc(Cl)cc3C)C2=O)cc1. The average Bonchev–Trinajstić information content (AvgIpc) is 3.00. The first-order chi connectivity index (χ1) is 14.9. The second kappa shape index (κ2) is 8.83. The highest BCUT2D eigenvalue weighted by Crippen LogP contribution is 2.37. The number of hydrogen-bond donors (Lipinski definition) is 1. The van der Waals surface area contributed by atoms with Gasteiger partial charge >= 0.3 is 0 Å². The van der Waals surface area contributed by atoms with E-state index in [9.17, 15) is 14.7 Å². The van der Waals surface area contributed by atoms with Crippen LogP contribution in [0.25, 0.3) is 5.57 Å². The summed E-state index contributed by atoms with van der Waals surface area (Å²) < 4.78 is 0. The molecule has 0 bridgehead atoms. The Morgan fingerprint density at radius 2 is 1.61 bits per heavy atom. The quantitative estimate of drug-likeness (QED) is 0.726. The van der Waals surface area contributed by atoms with Crippen molar-refractivity contribution >= 4 is 34.7 Å². The lowest BCUT2D eigenvalue weighted by Gasteiger charge is -2.36. The summed E-state index contributed by atoms with van der Waals surface area (Å²) in [4.78, 5) is 32.7. The number of piperazine rings is 1. The van der Waals surface area contributed by atoms with Crippen LogP contribution in [0.3, 0.4) is 0 Å². The number of β-amino-alcohol motifs (C(OH)–C–C–N with tert-alkyl or cyclic N) is 1. The number of halogens is 1. The van der Waals surface area contributed by atoms with Gasteiger partial charge in [0, 0.05) is 37.7 Å². The number of anilines is 1. The highest BCUT2D eigenvalue weighted by atomic mass is 35.5. The number of carbonyl (C=O) groups is 2. The van der Waals surface area contributed by atoms with Gasteiger partial charge in [0.2, 0.25) is 0 Å². The zero-order chi connectivity index (χ0) is 22.1. The van der Waals surface area contributed by atoms with Crippen molar-refractivity contribution in [1.82, 2.24) is 9.80 Å². The second-order valence-electron chi connectivity index (χ2n) is 8.02. The van der Waals surface area contributed by atoms with Gasteiger partial charge in [0.1, 0.15) is 5.70 Å². The third-order valence-electron chi connectivity index (χ3n) is 5.90. The van der Waals surface area contributed by atoms with E-state index in [0.29, 0.717) is 41.6 Å². The first-order valence-electron chi connectivity index (χ1n) is 10.4. The van der Waals surface area contributed by atoms with E-state index in [4.69, 9.17) is 11.6 Å². The number of aryl methyl sites for hydroxylation is 2. The predicted molar refractivity (Wildman–Crippen MR) is 122 cm³/mol. The minimum absolute atomic E-state index is 0.109. The number of hydrogen-bond acceptors (Lipinski definition) is 5. The lowest BCUT2D eigenvalue weighted by molar-refractivity contribution is -0.120. The van der Waals surface area contributed by atoms with E-state index < -0.39 is 0 Å². The number of carbonyl (C=O) groups excluding carboxylic acids is 2. The Morgan fingerprint density at radius 3 is 2.23 bits per heavy atom. The molecule has 0 aromatic heterocycles. The fraction of sp³-hybridized carbons (Fsp3) is 0.333. The lowest BCUT2D eigenvalue weighted by atomic mass is 10.0. The number of benzene rings is 2. The van der Waals surface area contributed by atoms with E-state index in [2.05, 4.69) is 4.90 Å². The number of aliphatic hydroxyl groups excluding tert-OH is 1. The molecular formula is C24H26ClN3O3. The van der Waals surface area contributed by atoms with Gasteiger partial charge in [-0.15, -0.1) is 0 Å². The molecule has 2 amide bonds. The topological polar surface area (TPSA) is 64.1 Å². The molecule has 1 saturated heterocycles. The highest BCUT2D eigenvalue weighted by molar-refractivity contribution is 6.45. The van der Waals surface area contributed by atoms with Crippen molar-refractivity contribution in [3.05, 3.63) is 69.9 Å². The highest BCUT2D eigenvalue weighted by Gasteiger charge is 2.43. The van der Waals surface area contributed by atoms with Crippen LogP contribution in [0, 0.1) is 13.8 Å². The second-order valence-corrected chi connectivity index (χ2v) is 8.45. The molecule has 0 aliphatic carbocycles. The fourth-order valence-electron chi connectivity index (χ4n) is 4.22. The number of amides is 2. The molecular weight excluding hydrogens is 414 g/mol. The first-order valence-corrected chi connectivity index (χ1v) is 10.8. The van der Waals surface area contributed by atoms with Crippen molar-refractivity contribution in [2.75, 3.05) is 44.2 Å². The Labute approximate surface area is 187 Å². The van der Waals surface area contributed by atoms with Gasteiger partial charge in [0.15, 0.2) is 0 Å². The Bertz CT molecular complexity index is 1040. The molecule has 0 spiro atoms. The summed E-state index contributed by atoms with van der Waals surface area (Å²) in [5.41, 5.74) is 4.04. The maximum absolute atomic E-state index is 13.6. The Kier molecular flexibility index (Phi) is 6.14. The van der Waals surface area contributed by atoms with Crippen LogP contribution in [-0.2, 0) is 9.59 Å². The van der Waals surface area contributed by atoms with E-state index >= 15 is 0 Å². The average molecular weight is 440 g/mol. The zero-order valence-corrected chi connectivity index (χ0v) is 18.5. The summed E-state index contributed by atoms with van der Waals surface area (Å²) in [6.45, 7) is 7.26. The molecule has 6 nitrogen and oxygen atoms in total. The molecule has 1 fully saturated rings. The van der Waals surface area contributed by atoms with Crippen LogP contribution in [0.5, 0.6) is 0 Å². The molecule has 162 valence electrons. The maximum atomic E-state index is 13.6. The molecule has 2 aliphatic heterocycles. The van der Waals surface area contributed by atoms with E-state index in [1.54, 1.807) is 18.2 Å². The summed E-state index contributed by atoms with van der Waals surface area (Å²) in [6.07, 6.45) is 0. The van der Waals surface area contributed by atoms with Crippen LogP contribution < -0.4 is 4.90 Å². The molecule has 2 heterocycles. The van der Waals surface area contributed by atoms with Gasteiger partial charge in [-0.1, -0.05) is 41.4 Å². The fourth-order valence-corrected chi connectivity index (χ4v) is 4.44. The summed E-state index contributed by atoms with van der Waals surface area (Å²) >= 11 is 6.10. The van der Waals surface area contributed by atoms with E-state index in [0.717, 1.165) is 29.8 Å². The molecule has 31 heavy (non-hydrogen) atoms. The maximum Gasteiger partial charge on any atom is 0.282 e. The molecule has 0 saturated carbocycles. The minimum Gasteiger partial charge on any atom is -0.395 e. The number of aliphatic hydroxyl groups is 1. The summed E-state index contributed by atoms with van der Waals surface area (Å²) in [6, 6.07) is 12.9. The number of rotatable bonds is 5. The van der Waals surface area contributed by atoms with Gasteiger partial charge in [-0.05, 0) is 43.2 Å². The van der Waals surface area contributed by atoms with Crippen molar-refractivity contribution < 1.29 is 14.7 Å². The predicted octanol–water partition coefficient (Wildman–Crippen LogP) is 2.85. The lowest BCUT2D eigenvalue weighted by Crippen LogP contribution is -2.48. The van der Waals surface area contributed by atoms with Gasteiger partial charge in [-0.25, -0.2) is 4.90 Å². The molecule has 2 aliphatic rings. The molecule has 1 N–H and O–H groups in total. The molecule has 0 unspecified atom stereocenters. The smallest absolute Gasteiger partial charge is 0.282 e. The Morgan fingerprint density at radius 1 is 0.935 bits per heavy atom. The molecule has 4 rings (SSSR count). The summed E-state index contributed by atoms with van der Waals surface area (Å²) in [7, 11) is 0. The van der Waals surface area contributed by atoms with E-state index in [-0.39, 0.29) is 18.4 Å². The Balaban J connectivity index is 1.75. The van der Waals surface area contributed by atoms with Gasteiger partial charge in [0.25, 0.3) is 11.8 Å². The monoisotopic (exact) mass is 439 g/mol. The normalized spacial score (nSPS) is 17.8. The molecule has 7 heteroatoms.